The Morgan fingerprint density at radius 3 is 3.00 bits per heavy atom. The standard InChI is InChI=1S/C15H13N3O3/c19-15(20)11-3-1-2-9-6-7-18(13(9)11)8-12-16-14(17-21-12)10-4-5-10/h1-3,6-7,10H,4-5,8H2,(H,19,20). The number of carbonyl (C=O) groups is 1. The number of carboxylic acid groups (broad SMARTS) is 1. The summed E-state index contributed by atoms with van der Waals surface area (Å²) in [5.74, 6) is 0.776. The predicted octanol–water partition coefficient (Wildman–Crippen LogP) is 2.65. The highest BCUT2D eigenvalue weighted by Gasteiger charge is 2.28. The molecule has 1 aliphatic carbocycles. The van der Waals surface area contributed by atoms with Crippen LogP contribution < -0.4 is 0 Å². The third kappa shape index (κ3) is 2.08. The lowest BCUT2D eigenvalue weighted by molar-refractivity contribution is 0.0698. The molecule has 0 atom stereocenters. The summed E-state index contributed by atoms with van der Waals surface area (Å²) in [6.07, 6.45) is 4.08. The van der Waals surface area contributed by atoms with Crippen molar-refractivity contribution in [1.82, 2.24) is 14.7 Å². The lowest BCUT2D eigenvalue weighted by Crippen LogP contribution is -2.04. The SMILES string of the molecule is O=C(O)c1cccc2ccn(Cc3nc(C4CC4)no3)c12. The van der Waals surface area contributed by atoms with Crippen LogP contribution in [0.2, 0.25) is 0 Å². The Morgan fingerprint density at radius 2 is 2.24 bits per heavy atom. The molecule has 0 bridgehead atoms. The Hall–Kier alpha value is -2.63. The maximum atomic E-state index is 11.4. The first-order valence-corrected chi connectivity index (χ1v) is 6.86. The zero-order chi connectivity index (χ0) is 14.4. The van der Waals surface area contributed by atoms with Gasteiger partial charge in [0.2, 0.25) is 5.89 Å². The summed E-state index contributed by atoms with van der Waals surface area (Å²) in [4.78, 5) is 15.7. The topological polar surface area (TPSA) is 81.1 Å². The molecular formula is C15H13N3O3. The maximum absolute atomic E-state index is 11.4. The fourth-order valence-electron chi connectivity index (χ4n) is 2.55. The van der Waals surface area contributed by atoms with Gasteiger partial charge in [0, 0.05) is 17.5 Å². The first kappa shape index (κ1) is 12.1. The molecule has 1 aliphatic rings. The molecule has 6 nitrogen and oxygen atoms in total. The van der Waals surface area contributed by atoms with Crippen LogP contribution in [-0.2, 0) is 6.54 Å². The van der Waals surface area contributed by atoms with Crippen LogP contribution in [0.1, 0.15) is 40.8 Å². The van der Waals surface area contributed by atoms with Gasteiger partial charge in [-0.15, -0.1) is 0 Å². The van der Waals surface area contributed by atoms with Gasteiger partial charge in [-0.05, 0) is 25.0 Å². The first-order chi connectivity index (χ1) is 10.2. The second-order valence-corrected chi connectivity index (χ2v) is 5.31. The van der Waals surface area contributed by atoms with Crippen molar-refractivity contribution in [2.24, 2.45) is 0 Å². The third-order valence-corrected chi connectivity index (χ3v) is 3.75. The van der Waals surface area contributed by atoms with Gasteiger partial charge >= 0.3 is 5.97 Å². The van der Waals surface area contributed by atoms with Gasteiger partial charge in [0.05, 0.1) is 11.1 Å². The number of aromatic carboxylic acids is 1. The van der Waals surface area contributed by atoms with Crippen molar-refractivity contribution in [1.29, 1.82) is 0 Å². The van der Waals surface area contributed by atoms with E-state index in [1.165, 1.54) is 0 Å². The van der Waals surface area contributed by atoms with Gasteiger partial charge in [-0.1, -0.05) is 17.3 Å². The summed E-state index contributed by atoms with van der Waals surface area (Å²) in [5, 5.41) is 14.2. The van der Waals surface area contributed by atoms with Crippen molar-refractivity contribution in [2.45, 2.75) is 25.3 Å². The predicted molar refractivity (Wildman–Crippen MR) is 74.3 cm³/mol. The number of para-hydroxylation sites is 1. The second-order valence-electron chi connectivity index (χ2n) is 5.31. The normalized spacial score (nSPS) is 14.7. The molecule has 0 aliphatic heterocycles. The number of fused-ring (bicyclic) bond motifs is 1. The van der Waals surface area contributed by atoms with Gasteiger partial charge in [0.1, 0.15) is 6.54 Å². The Morgan fingerprint density at radius 1 is 1.38 bits per heavy atom. The third-order valence-electron chi connectivity index (χ3n) is 3.75. The van der Waals surface area contributed by atoms with E-state index < -0.39 is 5.97 Å². The zero-order valence-corrected chi connectivity index (χ0v) is 11.2. The second kappa shape index (κ2) is 4.44. The molecule has 0 spiro atoms. The van der Waals surface area contributed by atoms with E-state index in [2.05, 4.69) is 10.1 Å². The zero-order valence-electron chi connectivity index (χ0n) is 11.2. The quantitative estimate of drug-likeness (QED) is 0.796. The average molecular weight is 283 g/mol. The van der Waals surface area contributed by atoms with Crippen molar-refractivity contribution in [3.63, 3.8) is 0 Å². The number of benzene rings is 1. The van der Waals surface area contributed by atoms with Gasteiger partial charge in [0.15, 0.2) is 5.82 Å². The lowest BCUT2D eigenvalue weighted by atomic mass is 10.1. The van der Waals surface area contributed by atoms with Gasteiger partial charge in [0.25, 0.3) is 0 Å². The molecule has 0 saturated heterocycles. The Balaban J connectivity index is 1.73. The molecule has 1 saturated carbocycles. The molecule has 1 aromatic carbocycles. The van der Waals surface area contributed by atoms with Gasteiger partial charge in [-0.2, -0.15) is 4.98 Å². The minimum Gasteiger partial charge on any atom is -0.478 e. The molecule has 106 valence electrons. The molecule has 6 heteroatoms. The molecule has 1 N–H and O–H groups in total. The smallest absolute Gasteiger partial charge is 0.337 e. The van der Waals surface area contributed by atoms with Gasteiger partial charge in [-0.25, -0.2) is 4.79 Å². The van der Waals surface area contributed by atoms with Crippen molar-refractivity contribution in [2.75, 3.05) is 0 Å². The summed E-state index contributed by atoms with van der Waals surface area (Å²) >= 11 is 0. The molecule has 0 unspecified atom stereocenters. The van der Waals surface area contributed by atoms with Crippen molar-refractivity contribution in [3.8, 4) is 0 Å². The van der Waals surface area contributed by atoms with Crippen LogP contribution in [0.5, 0.6) is 0 Å². The number of hydrogen-bond acceptors (Lipinski definition) is 4. The van der Waals surface area contributed by atoms with Crippen LogP contribution in [0.15, 0.2) is 35.0 Å². The number of aromatic nitrogens is 3. The van der Waals surface area contributed by atoms with E-state index in [9.17, 15) is 9.90 Å². The summed E-state index contributed by atoms with van der Waals surface area (Å²) < 4.78 is 7.10. The largest absolute Gasteiger partial charge is 0.478 e. The Bertz CT molecular complexity index is 830. The molecule has 0 radical (unpaired) electrons. The lowest BCUT2D eigenvalue weighted by Gasteiger charge is -2.04. The highest BCUT2D eigenvalue weighted by molar-refractivity contribution is 6.02. The fourth-order valence-corrected chi connectivity index (χ4v) is 2.55. The number of carboxylic acids is 1. The van der Waals surface area contributed by atoms with Crippen molar-refractivity contribution >= 4 is 16.9 Å². The molecule has 1 fully saturated rings. The molecule has 21 heavy (non-hydrogen) atoms. The molecule has 2 heterocycles. The van der Waals surface area contributed by atoms with E-state index in [1.54, 1.807) is 12.1 Å². The number of nitrogens with zero attached hydrogens (tertiary/aromatic N) is 3. The molecule has 2 aromatic heterocycles. The minimum atomic E-state index is -0.940. The highest BCUT2D eigenvalue weighted by Crippen LogP contribution is 2.38. The van der Waals surface area contributed by atoms with E-state index in [0.717, 1.165) is 24.1 Å². The molecule has 4 rings (SSSR count). The minimum absolute atomic E-state index is 0.277. The molecule has 0 amide bonds. The monoisotopic (exact) mass is 283 g/mol. The summed E-state index contributed by atoms with van der Waals surface area (Å²) in [7, 11) is 0. The van der Waals surface area contributed by atoms with E-state index in [4.69, 9.17) is 4.52 Å². The Kier molecular flexibility index (Phi) is 2.57. The maximum Gasteiger partial charge on any atom is 0.337 e. The van der Waals surface area contributed by atoms with E-state index in [1.807, 2.05) is 22.9 Å². The summed E-state index contributed by atoms with van der Waals surface area (Å²) in [6, 6.07) is 7.13. The first-order valence-electron chi connectivity index (χ1n) is 6.86. The van der Waals surface area contributed by atoms with Crippen LogP contribution in [0, 0.1) is 0 Å². The van der Waals surface area contributed by atoms with Crippen LogP contribution in [0.4, 0.5) is 0 Å². The fraction of sp³-hybridized carbons (Fsp3) is 0.267. The Labute approximate surface area is 120 Å². The van der Waals surface area contributed by atoms with E-state index >= 15 is 0 Å². The van der Waals surface area contributed by atoms with E-state index in [-0.39, 0.29) is 5.56 Å². The van der Waals surface area contributed by atoms with Crippen LogP contribution in [0.3, 0.4) is 0 Å². The summed E-state index contributed by atoms with van der Waals surface area (Å²) in [6.45, 7) is 0.382. The van der Waals surface area contributed by atoms with Gasteiger partial charge < -0.3 is 14.2 Å². The van der Waals surface area contributed by atoms with Crippen LogP contribution >= 0.6 is 0 Å². The highest BCUT2D eigenvalue weighted by atomic mass is 16.5. The van der Waals surface area contributed by atoms with Crippen molar-refractivity contribution in [3.05, 3.63) is 47.7 Å². The number of hydrogen-bond donors (Lipinski definition) is 1. The number of rotatable bonds is 4. The molecular weight excluding hydrogens is 270 g/mol. The molecule has 3 aromatic rings. The van der Waals surface area contributed by atoms with Crippen LogP contribution in [0.25, 0.3) is 10.9 Å². The van der Waals surface area contributed by atoms with Crippen LogP contribution in [-0.4, -0.2) is 25.8 Å². The van der Waals surface area contributed by atoms with Crippen molar-refractivity contribution < 1.29 is 14.4 Å². The van der Waals surface area contributed by atoms with Gasteiger partial charge in [-0.3, -0.25) is 0 Å². The summed E-state index contributed by atoms with van der Waals surface area (Å²) in [5.41, 5.74) is 0.954. The van der Waals surface area contributed by atoms with E-state index in [0.29, 0.717) is 23.9 Å². The average Bonchev–Trinajstić information content (AvgIpc) is 3.09.